The number of hydrogen-bond acceptors (Lipinski definition) is 4. The lowest BCUT2D eigenvalue weighted by Gasteiger charge is -2.01. The summed E-state index contributed by atoms with van der Waals surface area (Å²) in [5, 5.41) is 3.08. The molecule has 0 aliphatic rings. The van der Waals surface area contributed by atoms with Crippen LogP contribution >= 0.6 is 11.3 Å². The first-order valence-corrected chi connectivity index (χ1v) is 7.03. The van der Waals surface area contributed by atoms with Gasteiger partial charge in [-0.2, -0.15) is 13.2 Å². The van der Waals surface area contributed by atoms with E-state index in [4.69, 9.17) is 4.42 Å². The van der Waals surface area contributed by atoms with E-state index in [2.05, 4.69) is 10.3 Å². The van der Waals surface area contributed by atoms with E-state index in [-0.39, 0.29) is 11.6 Å². The van der Waals surface area contributed by atoms with Crippen LogP contribution in [0.1, 0.15) is 10.4 Å². The zero-order chi connectivity index (χ0) is 15.7. The summed E-state index contributed by atoms with van der Waals surface area (Å²) in [4.78, 5) is 14.6. The zero-order valence-corrected chi connectivity index (χ0v) is 11.8. The second kappa shape index (κ2) is 5.45. The number of aromatic nitrogens is 1. The molecule has 0 fully saturated rings. The van der Waals surface area contributed by atoms with Crippen molar-refractivity contribution in [3.05, 3.63) is 47.2 Å². The van der Waals surface area contributed by atoms with Gasteiger partial charge in [0.1, 0.15) is 10.5 Å². The van der Waals surface area contributed by atoms with Crippen LogP contribution in [0.25, 0.3) is 11.0 Å². The first-order chi connectivity index (χ1) is 10.4. The van der Waals surface area contributed by atoms with E-state index in [1.54, 1.807) is 6.07 Å². The molecule has 1 N–H and O–H groups in total. The molecule has 22 heavy (non-hydrogen) atoms. The summed E-state index contributed by atoms with van der Waals surface area (Å²) in [6.07, 6.45) is -2.29. The molecule has 0 aliphatic carbocycles. The van der Waals surface area contributed by atoms with Crippen LogP contribution < -0.4 is 5.32 Å². The van der Waals surface area contributed by atoms with Gasteiger partial charge in [0.25, 0.3) is 0 Å². The summed E-state index contributed by atoms with van der Waals surface area (Å²) in [6, 6.07) is 7.21. The van der Waals surface area contributed by atoms with Crippen LogP contribution in [-0.2, 0) is 17.4 Å². The molecule has 0 bridgehead atoms. The lowest BCUT2D eigenvalue weighted by Crippen LogP contribution is -2.13. The number of alkyl halides is 3. The zero-order valence-electron chi connectivity index (χ0n) is 11.0. The van der Waals surface area contributed by atoms with Gasteiger partial charge in [-0.15, -0.1) is 0 Å². The number of carbonyl (C=O) groups excluding carboxylic acids is 1. The predicted octanol–water partition coefficient (Wildman–Crippen LogP) is 4.09. The van der Waals surface area contributed by atoms with Crippen molar-refractivity contribution < 1.29 is 22.4 Å². The summed E-state index contributed by atoms with van der Waals surface area (Å²) >= 11 is 0.393. The molecule has 1 aromatic carbocycles. The number of para-hydroxylation sites is 1. The molecule has 0 radical (unpaired) electrons. The van der Waals surface area contributed by atoms with Gasteiger partial charge in [0.15, 0.2) is 5.13 Å². The summed E-state index contributed by atoms with van der Waals surface area (Å²) in [5.41, 5.74) is 1.32. The Hall–Kier alpha value is -2.35. The van der Waals surface area contributed by atoms with Gasteiger partial charge in [-0.05, 0) is 6.07 Å². The Balaban J connectivity index is 1.71. The molecule has 2 heterocycles. The Kier molecular flexibility index (Phi) is 3.61. The maximum Gasteiger partial charge on any atom is 0.427 e. The lowest BCUT2D eigenvalue weighted by molar-refractivity contribution is -0.134. The van der Waals surface area contributed by atoms with Crippen molar-refractivity contribution in [1.82, 2.24) is 4.98 Å². The average molecular weight is 326 g/mol. The minimum atomic E-state index is -4.46. The SMILES string of the molecule is O=C(Cc1coc2ccccc12)Nc1ncc(C(F)(F)F)s1. The van der Waals surface area contributed by atoms with Gasteiger partial charge in [-0.25, -0.2) is 4.98 Å². The fourth-order valence-corrected chi connectivity index (χ4v) is 2.67. The van der Waals surface area contributed by atoms with Gasteiger partial charge in [-0.3, -0.25) is 4.79 Å². The molecular weight excluding hydrogens is 317 g/mol. The van der Waals surface area contributed by atoms with Gasteiger partial charge in [0.05, 0.1) is 18.9 Å². The first kappa shape index (κ1) is 14.6. The Morgan fingerprint density at radius 2 is 2.09 bits per heavy atom. The highest BCUT2D eigenvalue weighted by atomic mass is 32.1. The molecule has 114 valence electrons. The smallest absolute Gasteiger partial charge is 0.427 e. The predicted molar refractivity (Wildman–Crippen MR) is 75.7 cm³/mol. The molecule has 4 nitrogen and oxygen atoms in total. The van der Waals surface area contributed by atoms with Crippen molar-refractivity contribution in [3.8, 4) is 0 Å². The largest absolute Gasteiger partial charge is 0.464 e. The molecule has 0 unspecified atom stereocenters. The van der Waals surface area contributed by atoms with E-state index >= 15 is 0 Å². The normalized spacial score (nSPS) is 11.8. The molecule has 3 rings (SSSR count). The highest BCUT2D eigenvalue weighted by molar-refractivity contribution is 7.15. The molecule has 0 atom stereocenters. The number of halogens is 3. The third-order valence-electron chi connectivity index (χ3n) is 2.94. The van der Waals surface area contributed by atoms with Gasteiger partial charge in [0, 0.05) is 10.9 Å². The van der Waals surface area contributed by atoms with Crippen molar-refractivity contribution in [2.75, 3.05) is 5.32 Å². The van der Waals surface area contributed by atoms with Crippen LogP contribution in [-0.4, -0.2) is 10.9 Å². The molecule has 2 aromatic heterocycles. The molecular formula is C14H9F3N2O2S. The Morgan fingerprint density at radius 1 is 1.32 bits per heavy atom. The van der Waals surface area contributed by atoms with Crippen LogP contribution in [0.15, 0.2) is 41.1 Å². The first-order valence-electron chi connectivity index (χ1n) is 6.21. The number of benzene rings is 1. The number of thiazole rings is 1. The van der Waals surface area contributed by atoms with Crippen molar-refractivity contribution in [2.24, 2.45) is 0 Å². The molecule has 3 aromatic rings. The van der Waals surface area contributed by atoms with Crippen LogP contribution in [0.4, 0.5) is 18.3 Å². The molecule has 0 spiro atoms. The highest BCUT2D eigenvalue weighted by Crippen LogP contribution is 2.35. The van der Waals surface area contributed by atoms with Crippen LogP contribution in [0.3, 0.4) is 0 Å². The van der Waals surface area contributed by atoms with Crippen molar-refractivity contribution in [3.63, 3.8) is 0 Å². The van der Waals surface area contributed by atoms with E-state index in [1.165, 1.54) is 6.26 Å². The van der Waals surface area contributed by atoms with Crippen molar-refractivity contribution >= 4 is 33.3 Å². The maximum atomic E-state index is 12.5. The average Bonchev–Trinajstić information content (AvgIpc) is 3.06. The van der Waals surface area contributed by atoms with E-state index < -0.39 is 17.0 Å². The number of amides is 1. The summed E-state index contributed by atoms with van der Waals surface area (Å²) in [5.74, 6) is -0.449. The summed E-state index contributed by atoms with van der Waals surface area (Å²) < 4.78 is 42.7. The lowest BCUT2D eigenvalue weighted by atomic mass is 10.1. The molecule has 0 aliphatic heterocycles. The Labute approximate surface area is 126 Å². The van der Waals surface area contributed by atoms with Crippen molar-refractivity contribution in [1.29, 1.82) is 0 Å². The second-order valence-electron chi connectivity index (χ2n) is 4.51. The molecule has 0 saturated carbocycles. The maximum absolute atomic E-state index is 12.5. The van der Waals surface area contributed by atoms with Crippen molar-refractivity contribution in [2.45, 2.75) is 12.6 Å². The third-order valence-corrected chi connectivity index (χ3v) is 3.90. The second-order valence-corrected chi connectivity index (χ2v) is 5.54. The van der Waals surface area contributed by atoms with E-state index in [1.807, 2.05) is 18.2 Å². The van der Waals surface area contributed by atoms with Gasteiger partial charge in [0.2, 0.25) is 5.91 Å². The number of hydrogen-bond donors (Lipinski definition) is 1. The molecule has 0 saturated heterocycles. The monoisotopic (exact) mass is 326 g/mol. The summed E-state index contributed by atoms with van der Waals surface area (Å²) in [7, 11) is 0. The quantitative estimate of drug-likeness (QED) is 0.789. The Bertz CT molecular complexity index is 823. The highest BCUT2D eigenvalue weighted by Gasteiger charge is 2.33. The fraction of sp³-hybridized carbons (Fsp3) is 0.143. The van der Waals surface area contributed by atoms with E-state index in [9.17, 15) is 18.0 Å². The van der Waals surface area contributed by atoms with Gasteiger partial charge in [-0.1, -0.05) is 29.5 Å². The van der Waals surface area contributed by atoms with Crippen LogP contribution in [0.5, 0.6) is 0 Å². The minimum Gasteiger partial charge on any atom is -0.464 e. The number of anilines is 1. The van der Waals surface area contributed by atoms with Gasteiger partial charge >= 0.3 is 6.18 Å². The Morgan fingerprint density at radius 3 is 2.82 bits per heavy atom. The fourth-order valence-electron chi connectivity index (χ4n) is 1.97. The number of fused-ring (bicyclic) bond motifs is 1. The summed E-state index contributed by atoms with van der Waals surface area (Å²) in [6.45, 7) is 0. The number of furan rings is 1. The van der Waals surface area contributed by atoms with E-state index in [0.29, 0.717) is 28.7 Å². The number of rotatable bonds is 3. The number of carbonyl (C=O) groups is 1. The molecule has 1 amide bonds. The number of nitrogens with one attached hydrogen (secondary N) is 1. The molecule has 8 heteroatoms. The topological polar surface area (TPSA) is 55.1 Å². The standard InChI is InChI=1S/C14H9F3N2O2S/c15-14(16,17)11-6-18-13(22-11)19-12(20)5-8-7-21-10-4-2-1-3-9(8)10/h1-4,6-7H,5H2,(H,18,19,20). The van der Waals surface area contributed by atoms with Crippen LogP contribution in [0, 0.1) is 0 Å². The van der Waals surface area contributed by atoms with E-state index in [0.717, 1.165) is 5.39 Å². The minimum absolute atomic E-state index is 0.00204. The van der Waals surface area contributed by atoms with Crippen LogP contribution in [0.2, 0.25) is 0 Å². The number of nitrogens with zero attached hydrogens (tertiary/aromatic N) is 1. The third kappa shape index (κ3) is 2.96. The van der Waals surface area contributed by atoms with Gasteiger partial charge < -0.3 is 9.73 Å².